The van der Waals surface area contributed by atoms with Gasteiger partial charge in [-0.3, -0.25) is 4.79 Å². The number of anilines is 2. The highest BCUT2D eigenvalue weighted by Gasteiger charge is 2.17. The molecule has 1 aliphatic rings. The van der Waals surface area contributed by atoms with Crippen molar-refractivity contribution in [2.24, 2.45) is 5.92 Å². The Morgan fingerprint density at radius 1 is 1.18 bits per heavy atom. The zero-order chi connectivity index (χ0) is 15.9. The molecule has 2 rings (SSSR count). The van der Waals surface area contributed by atoms with Gasteiger partial charge in [-0.25, -0.2) is 0 Å². The zero-order valence-electron chi connectivity index (χ0n) is 14.3. The van der Waals surface area contributed by atoms with Crippen LogP contribution in [-0.4, -0.2) is 19.0 Å². The normalized spacial score (nSPS) is 15.6. The molecule has 1 aromatic rings. The summed E-state index contributed by atoms with van der Waals surface area (Å²) in [7, 11) is 0. The van der Waals surface area contributed by atoms with Gasteiger partial charge in [0.1, 0.15) is 0 Å². The predicted molar refractivity (Wildman–Crippen MR) is 94.6 cm³/mol. The molecule has 1 aromatic carbocycles. The number of nitrogens with zero attached hydrogens (tertiary/aromatic N) is 1. The van der Waals surface area contributed by atoms with Gasteiger partial charge in [-0.1, -0.05) is 19.3 Å². The molecule has 1 amide bonds. The highest BCUT2D eigenvalue weighted by Crippen LogP contribution is 2.27. The van der Waals surface area contributed by atoms with Gasteiger partial charge < -0.3 is 10.2 Å². The van der Waals surface area contributed by atoms with E-state index in [1.165, 1.54) is 37.8 Å². The van der Waals surface area contributed by atoms with Gasteiger partial charge in [0, 0.05) is 30.9 Å². The Kier molecular flexibility index (Phi) is 6.29. The lowest BCUT2D eigenvalue weighted by Gasteiger charge is -2.23. The first-order valence-electron chi connectivity index (χ1n) is 8.79. The Hall–Kier alpha value is -1.51. The van der Waals surface area contributed by atoms with Crippen LogP contribution in [0.5, 0.6) is 0 Å². The van der Waals surface area contributed by atoms with Gasteiger partial charge in [-0.15, -0.1) is 0 Å². The van der Waals surface area contributed by atoms with Crippen molar-refractivity contribution in [2.75, 3.05) is 23.3 Å². The van der Waals surface area contributed by atoms with Crippen LogP contribution in [0.2, 0.25) is 0 Å². The zero-order valence-corrected chi connectivity index (χ0v) is 14.3. The minimum Gasteiger partial charge on any atom is -0.372 e. The van der Waals surface area contributed by atoms with E-state index >= 15 is 0 Å². The van der Waals surface area contributed by atoms with Crippen LogP contribution in [-0.2, 0) is 4.79 Å². The third kappa shape index (κ3) is 4.49. The van der Waals surface area contributed by atoms with E-state index < -0.39 is 0 Å². The summed E-state index contributed by atoms with van der Waals surface area (Å²) < 4.78 is 0. The highest BCUT2D eigenvalue weighted by molar-refractivity contribution is 5.91. The second kappa shape index (κ2) is 8.21. The van der Waals surface area contributed by atoms with Crippen LogP contribution in [0, 0.1) is 12.8 Å². The van der Waals surface area contributed by atoms with Crippen molar-refractivity contribution in [3.8, 4) is 0 Å². The maximum atomic E-state index is 12.2. The average molecular weight is 302 g/mol. The average Bonchev–Trinajstić information content (AvgIpc) is 2.52. The van der Waals surface area contributed by atoms with Crippen molar-refractivity contribution in [1.82, 2.24) is 0 Å². The third-order valence-electron chi connectivity index (χ3n) is 4.81. The molecule has 0 bridgehead atoms. The summed E-state index contributed by atoms with van der Waals surface area (Å²) in [5.74, 6) is 0.759. The number of nitrogens with one attached hydrogen (secondary N) is 1. The van der Waals surface area contributed by atoms with E-state index in [2.05, 4.69) is 43.1 Å². The Morgan fingerprint density at radius 2 is 1.86 bits per heavy atom. The Morgan fingerprint density at radius 3 is 2.45 bits per heavy atom. The van der Waals surface area contributed by atoms with E-state index in [9.17, 15) is 4.79 Å². The molecule has 0 unspecified atom stereocenters. The molecule has 22 heavy (non-hydrogen) atoms. The van der Waals surface area contributed by atoms with Crippen molar-refractivity contribution < 1.29 is 4.79 Å². The molecule has 1 N–H and O–H groups in total. The van der Waals surface area contributed by atoms with E-state index in [0.29, 0.717) is 12.3 Å². The summed E-state index contributed by atoms with van der Waals surface area (Å²) in [6.07, 6.45) is 7.02. The maximum absolute atomic E-state index is 12.2. The minimum atomic E-state index is 0.172. The molecule has 0 aromatic heterocycles. The molecule has 0 spiro atoms. The topological polar surface area (TPSA) is 32.3 Å². The lowest BCUT2D eigenvalue weighted by molar-refractivity contribution is -0.117. The molecule has 0 radical (unpaired) electrons. The van der Waals surface area contributed by atoms with Crippen molar-refractivity contribution in [2.45, 2.75) is 59.3 Å². The molecule has 0 saturated heterocycles. The Labute approximate surface area is 135 Å². The van der Waals surface area contributed by atoms with Crippen molar-refractivity contribution in [1.29, 1.82) is 0 Å². The molecule has 0 aliphatic heterocycles. The number of carbonyl (C=O) groups excluding carboxylic acids is 1. The summed E-state index contributed by atoms with van der Waals surface area (Å²) >= 11 is 0. The quantitative estimate of drug-likeness (QED) is 0.822. The van der Waals surface area contributed by atoms with Crippen molar-refractivity contribution >= 4 is 17.3 Å². The summed E-state index contributed by atoms with van der Waals surface area (Å²) in [4.78, 5) is 14.6. The molecule has 1 aliphatic carbocycles. The fourth-order valence-corrected chi connectivity index (χ4v) is 3.43. The van der Waals surface area contributed by atoms with Gasteiger partial charge in [0.15, 0.2) is 0 Å². The number of carbonyl (C=O) groups is 1. The molecular formula is C19H30N2O. The molecule has 3 heteroatoms. The first-order chi connectivity index (χ1) is 10.6. The number of benzene rings is 1. The van der Waals surface area contributed by atoms with E-state index in [0.717, 1.165) is 24.3 Å². The molecular weight excluding hydrogens is 272 g/mol. The lowest BCUT2D eigenvalue weighted by atomic mass is 9.87. The largest absolute Gasteiger partial charge is 0.372 e. The summed E-state index contributed by atoms with van der Waals surface area (Å²) in [6, 6.07) is 6.32. The van der Waals surface area contributed by atoms with Crippen LogP contribution >= 0.6 is 0 Å². The molecule has 1 fully saturated rings. The van der Waals surface area contributed by atoms with Gasteiger partial charge in [-0.2, -0.15) is 0 Å². The number of rotatable bonds is 6. The predicted octanol–water partition coefficient (Wildman–Crippen LogP) is 4.75. The Balaban J connectivity index is 1.95. The van der Waals surface area contributed by atoms with Gasteiger partial charge in [0.2, 0.25) is 5.91 Å². The van der Waals surface area contributed by atoms with Gasteiger partial charge in [-0.05, 0) is 63.3 Å². The molecule has 3 nitrogen and oxygen atoms in total. The van der Waals surface area contributed by atoms with E-state index in [1.54, 1.807) is 0 Å². The first-order valence-corrected chi connectivity index (χ1v) is 8.79. The number of amides is 1. The smallest absolute Gasteiger partial charge is 0.224 e. The first kappa shape index (κ1) is 16.9. The number of hydrogen-bond acceptors (Lipinski definition) is 2. The summed E-state index contributed by atoms with van der Waals surface area (Å²) in [5, 5.41) is 3.10. The summed E-state index contributed by atoms with van der Waals surface area (Å²) in [5.41, 5.74) is 3.32. The van der Waals surface area contributed by atoms with Crippen LogP contribution in [0.3, 0.4) is 0 Å². The molecule has 122 valence electrons. The maximum Gasteiger partial charge on any atom is 0.224 e. The van der Waals surface area contributed by atoms with Gasteiger partial charge in [0.25, 0.3) is 0 Å². The fourth-order valence-electron chi connectivity index (χ4n) is 3.43. The van der Waals surface area contributed by atoms with E-state index in [-0.39, 0.29) is 5.91 Å². The van der Waals surface area contributed by atoms with Gasteiger partial charge in [0.05, 0.1) is 0 Å². The van der Waals surface area contributed by atoms with Crippen LogP contribution in [0.15, 0.2) is 18.2 Å². The van der Waals surface area contributed by atoms with Crippen LogP contribution in [0.1, 0.15) is 57.9 Å². The second-order valence-electron chi connectivity index (χ2n) is 6.43. The fraction of sp³-hybridized carbons (Fsp3) is 0.632. The molecule has 1 saturated carbocycles. The minimum absolute atomic E-state index is 0.172. The van der Waals surface area contributed by atoms with Crippen LogP contribution in [0.4, 0.5) is 11.4 Å². The van der Waals surface area contributed by atoms with Crippen molar-refractivity contribution in [3.05, 3.63) is 23.8 Å². The van der Waals surface area contributed by atoms with Crippen LogP contribution in [0.25, 0.3) is 0 Å². The third-order valence-corrected chi connectivity index (χ3v) is 4.81. The molecule has 0 atom stereocenters. The monoisotopic (exact) mass is 302 g/mol. The standard InChI is InChI=1S/C19H30N2O/c1-4-21(5-2)17-11-12-18(15(3)13-17)20-19(22)14-16-9-7-6-8-10-16/h11-13,16H,4-10,14H2,1-3H3,(H,20,22). The SMILES string of the molecule is CCN(CC)c1ccc(NC(=O)CC2CCCCC2)c(C)c1. The number of aryl methyl sites for hydroxylation is 1. The number of hydrogen-bond donors (Lipinski definition) is 1. The van der Waals surface area contributed by atoms with Gasteiger partial charge >= 0.3 is 0 Å². The second-order valence-corrected chi connectivity index (χ2v) is 6.43. The Bertz CT molecular complexity index is 488. The van der Waals surface area contributed by atoms with Crippen molar-refractivity contribution in [3.63, 3.8) is 0 Å². The molecule has 0 heterocycles. The van der Waals surface area contributed by atoms with Crippen LogP contribution < -0.4 is 10.2 Å². The lowest BCUT2D eigenvalue weighted by Crippen LogP contribution is -2.22. The highest BCUT2D eigenvalue weighted by atomic mass is 16.1. The van der Waals surface area contributed by atoms with E-state index in [4.69, 9.17) is 0 Å². The summed E-state index contributed by atoms with van der Waals surface area (Å²) in [6.45, 7) is 8.41. The van der Waals surface area contributed by atoms with E-state index in [1.807, 2.05) is 6.07 Å².